The molecule has 28 heavy (non-hydrogen) atoms. The van der Waals surface area contributed by atoms with Crippen LogP contribution < -0.4 is 0 Å². The molecule has 0 saturated heterocycles. The van der Waals surface area contributed by atoms with Gasteiger partial charge in [-0.1, -0.05) is 47.7 Å². The Kier molecular flexibility index (Phi) is 5.66. The zero-order chi connectivity index (χ0) is 19.5. The van der Waals surface area contributed by atoms with E-state index < -0.39 is 0 Å². The van der Waals surface area contributed by atoms with E-state index in [2.05, 4.69) is 10.2 Å². The molecular weight excluding hydrogens is 406 g/mol. The molecule has 0 N–H and O–H groups in total. The molecule has 0 bridgehead atoms. The van der Waals surface area contributed by atoms with Crippen LogP contribution in [0.4, 0.5) is 0 Å². The molecule has 0 atom stereocenters. The highest BCUT2D eigenvalue weighted by Gasteiger charge is 2.17. The first-order valence-electron chi connectivity index (χ1n) is 8.67. The summed E-state index contributed by atoms with van der Waals surface area (Å²) in [6, 6.07) is 13.9. The number of ketones is 1. The fourth-order valence-electron chi connectivity index (χ4n) is 2.87. The number of Topliss-reactive ketones (excluding diaryl/α,β-unsaturated/α-hetero) is 1. The SMILES string of the molecule is Cc1ccc(C(=O)CSc2nnc(-c3cccs3)c(-c3cccs3)n2)c(C)c1. The molecule has 4 nitrogen and oxygen atoms in total. The largest absolute Gasteiger partial charge is 0.293 e. The maximum absolute atomic E-state index is 12.6. The number of benzene rings is 1. The Hall–Kier alpha value is -2.35. The molecule has 0 amide bonds. The van der Waals surface area contributed by atoms with Crippen molar-refractivity contribution in [3.63, 3.8) is 0 Å². The molecule has 0 aliphatic rings. The molecule has 4 rings (SSSR count). The highest BCUT2D eigenvalue weighted by molar-refractivity contribution is 7.99. The smallest absolute Gasteiger partial charge is 0.210 e. The average Bonchev–Trinajstić information content (AvgIpc) is 3.40. The predicted octanol–water partition coefficient (Wildman–Crippen LogP) is 5.92. The fraction of sp³-hybridized carbons (Fsp3) is 0.143. The molecule has 0 spiro atoms. The van der Waals surface area contributed by atoms with Gasteiger partial charge >= 0.3 is 0 Å². The van der Waals surface area contributed by atoms with Crippen molar-refractivity contribution in [2.45, 2.75) is 19.0 Å². The summed E-state index contributed by atoms with van der Waals surface area (Å²) >= 11 is 4.56. The van der Waals surface area contributed by atoms with Crippen LogP contribution in [-0.2, 0) is 0 Å². The van der Waals surface area contributed by atoms with Gasteiger partial charge in [-0.3, -0.25) is 4.79 Å². The van der Waals surface area contributed by atoms with Crippen molar-refractivity contribution in [2.75, 3.05) is 5.75 Å². The molecule has 7 heteroatoms. The van der Waals surface area contributed by atoms with E-state index in [9.17, 15) is 4.79 Å². The molecule has 140 valence electrons. The van der Waals surface area contributed by atoms with Gasteiger partial charge in [0.05, 0.1) is 15.5 Å². The lowest BCUT2D eigenvalue weighted by atomic mass is 10.0. The van der Waals surface area contributed by atoms with Crippen molar-refractivity contribution >= 4 is 40.2 Å². The van der Waals surface area contributed by atoms with Crippen LogP contribution in [0.15, 0.2) is 58.4 Å². The number of aromatic nitrogens is 3. The van der Waals surface area contributed by atoms with Crippen LogP contribution in [0.5, 0.6) is 0 Å². The fourth-order valence-corrected chi connectivity index (χ4v) is 4.97. The third kappa shape index (κ3) is 4.06. The number of aryl methyl sites for hydroxylation is 2. The van der Waals surface area contributed by atoms with Crippen LogP contribution in [0.3, 0.4) is 0 Å². The van der Waals surface area contributed by atoms with E-state index in [0.29, 0.717) is 5.16 Å². The number of thioether (sulfide) groups is 1. The van der Waals surface area contributed by atoms with Crippen LogP contribution in [0.2, 0.25) is 0 Å². The number of hydrogen-bond acceptors (Lipinski definition) is 7. The molecule has 0 radical (unpaired) electrons. The number of carbonyl (C=O) groups excluding carboxylic acids is 1. The Morgan fingerprint density at radius 1 is 0.964 bits per heavy atom. The van der Waals surface area contributed by atoms with Crippen molar-refractivity contribution in [1.29, 1.82) is 0 Å². The quantitative estimate of drug-likeness (QED) is 0.285. The van der Waals surface area contributed by atoms with Crippen LogP contribution in [0.1, 0.15) is 21.5 Å². The van der Waals surface area contributed by atoms with Crippen LogP contribution in [0.25, 0.3) is 21.1 Å². The molecule has 0 aliphatic carbocycles. The van der Waals surface area contributed by atoms with Crippen molar-refractivity contribution in [3.8, 4) is 21.1 Å². The number of carbonyl (C=O) groups is 1. The second-order valence-electron chi connectivity index (χ2n) is 6.28. The third-order valence-corrected chi connectivity index (χ3v) is 6.78. The van der Waals surface area contributed by atoms with Gasteiger partial charge in [-0.2, -0.15) is 0 Å². The molecular formula is C21H17N3OS3. The number of thiophene rings is 2. The van der Waals surface area contributed by atoms with Gasteiger partial charge in [0.25, 0.3) is 0 Å². The summed E-state index contributed by atoms with van der Waals surface area (Å²) in [7, 11) is 0. The Bertz CT molecular complexity index is 1110. The zero-order valence-electron chi connectivity index (χ0n) is 15.4. The monoisotopic (exact) mass is 423 g/mol. The van der Waals surface area contributed by atoms with Gasteiger partial charge in [0, 0.05) is 5.56 Å². The Balaban J connectivity index is 1.59. The summed E-state index contributed by atoms with van der Waals surface area (Å²) in [5.41, 5.74) is 4.49. The highest BCUT2D eigenvalue weighted by Crippen LogP contribution is 2.34. The molecule has 3 aromatic heterocycles. The summed E-state index contributed by atoms with van der Waals surface area (Å²) < 4.78 is 0. The van der Waals surface area contributed by atoms with E-state index in [-0.39, 0.29) is 11.5 Å². The minimum absolute atomic E-state index is 0.0751. The standard InChI is InChI=1S/C21H17N3OS3/c1-13-7-8-15(14(2)11-13)16(25)12-28-21-22-19(17-5-3-9-26-17)20(23-24-21)18-6-4-10-27-18/h3-11H,12H2,1-2H3. The molecule has 0 aliphatic heterocycles. The zero-order valence-corrected chi connectivity index (χ0v) is 17.8. The molecule has 0 fully saturated rings. The predicted molar refractivity (Wildman–Crippen MR) is 117 cm³/mol. The van der Waals surface area contributed by atoms with E-state index >= 15 is 0 Å². The van der Waals surface area contributed by atoms with E-state index in [0.717, 1.165) is 37.8 Å². The summed E-state index contributed by atoms with van der Waals surface area (Å²) in [5.74, 6) is 0.361. The normalized spacial score (nSPS) is 10.9. The van der Waals surface area contributed by atoms with E-state index in [1.54, 1.807) is 22.7 Å². The lowest BCUT2D eigenvalue weighted by molar-refractivity contribution is 0.102. The second-order valence-corrected chi connectivity index (χ2v) is 9.11. The summed E-state index contributed by atoms with van der Waals surface area (Å²) in [6.07, 6.45) is 0. The number of hydrogen-bond donors (Lipinski definition) is 0. The van der Waals surface area contributed by atoms with Crippen molar-refractivity contribution < 1.29 is 4.79 Å². The van der Waals surface area contributed by atoms with Gasteiger partial charge in [-0.05, 0) is 42.3 Å². The van der Waals surface area contributed by atoms with Crippen LogP contribution in [0, 0.1) is 13.8 Å². The lowest BCUT2D eigenvalue weighted by Crippen LogP contribution is -2.06. The van der Waals surface area contributed by atoms with Gasteiger partial charge in [0.1, 0.15) is 11.4 Å². The van der Waals surface area contributed by atoms with Gasteiger partial charge < -0.3 is 0 Å². The summed E-state index contributed by atoms with van der Waals surface area (Å²) in [6.45, 7) is 3.99. The Labute approximate surface area is 175 Å². The molecule has 4 aromatic rings. The van der Waals surface area contributed by atoms with Crippen molar-refractivity contribution in [1.82, 2.24) is 15.2 Å². The van der Waals surface area contributed by atoms with Crippen molar-refractivity contribution in [2.24, 2.45) is 0 Å². The third-order valence-electron chi connectivity index (χ3n) is 4.19. The minimum Gasteiger partial charge on any atom is -0.293 e. The van der Waals surface area contributed by atoms with Gasteiger partial charge in [0.15, 0.2) is 5.78 Å². The van der Waals surface area contributed by atoms with E-state index in [4.69, 9.17) is 4.98 Å². The molecule has 0 unspecified atom stereocenters. The Morgan fingerprint density at radius 2 is 1.68 bits per heavy atom. The van der Waals surface area contributed by atoms with Crippen LogP contribution in [-0.4, -0.2) is 26.7 Å². The first kappa shape index (κ1) is 19.0. The molecule has 0 saturated carbocycles. The topological polar surface area (TPSA) is 55.7 Å². The van der Waals surface area contributed by atoms with E-state index in [1.807, 2.05) is 67.1 Å². The van der Waals surface area contributed by atoms with Crippen molar-refractivity contribution in [3.05, 3.63) is 69.9 Å². The summed E-state index contributed by atoms with van der Waals surface area (Å²) in [4.78, 5) is 19.4. The van der Waals surface area contributed by atoms with Gasteiger partial charge in [0.2, 0.25) is 5.16 Å². The first-order valence-corrected chi connectivity index (χ1v) is 11.4. The second kappa shape index (κ2) is 8.34. The maximum atomic E-state index is 12.6. The minimum atomic E-state index is 0.0751. The first-order chi connectivity index (χ1) is 13.6. The Morgan fingerprint density at radius 3 is 2.32 bits per heavy atom. The number of rotatable bonds is 6. The average molecular weight is 424 g/mol. The summed E-state index contributed by atoms with van der Waals surface area (Å²) in [5, 5.41) is 13.2. The maximum Gasteiger partial charge on any atom is 0.210 e. The van der Waals surface area contributed by atoms with Gasteiger partial charge in [-0.15, -0.1) is 32.9 Å². The molecule has 1 aromatic carbocycles. The molecule has 3 heterocycles. The lowest BCUT2D eigenvalue weighted by Gasteiger charge is -2.07. The van der Waals surface area contributed by atoms with Gasteiger partial charge in [-0.25, -0.2) is 4.98 Å². The van der Waals surface area contributed by atoms with E-state index in [1.165, 1.54) is 11.8 Å². The van der Waals surface area contributed by atoms with Crippen LogP contribution >= 0.6 is 34.4 Å². The highest BCUT2D eigenvalue weighted by atomic mass is 32.2. The number of nitrogens with zero attached hydrogens (tertiary/aromatic N) is 3.